The van der Waals surface area contributed by atoms with Gasteiger partial charge in [0.15, 0.2) is 0 Å². The Kier molecular flexibility index (Phi) is 5.28. The number of carbonyl (C=O) groups is 1. The highest BCUT2D eigenvalue weighted by molar-refractivity contribution is 7.91. The standard InChI is InChI=1S/C16H17ClN2O3S/c1-12(20)19(2)15-9-7-14(8-10-15)18-23(21,22)11-13-5-3-4-6-16(13)17/h3-10,18H,11H2,1-2H3. The van der Waals surface area contributed by atoms with Crippen molar-refractivity contribution in [1.82, 2.24) is 0 Å². The Labute approximate surface area is 140 Å². The van der Waals surface area contributed by atoms with Crippen molar-refractivity contribution in [2.75, 3.05) is 16.7 Å². The molecule has 122 valence electrons. The zero-order valence-electron chi connectivity index (χ0n) is 12.8. The lowest BCUT2D eigenvalue weighted by molar-refractivity contribution is -0.116. The van der Waals surface area contributed by atoms with Crippen LogP contribution in [-0.4, -0.2) is 21.4 Å². The first-order valence-electron chi connectivity index (χ1n) is 6.87. The van der Waals surface area contributed by atoms with Gasteiger partial charge in [0.1, 0.15) is 0 Å². The van der Waals surface area contributed by atoms with Gasteiger partial charge in [0.05, 0.1) is 5.75 Å². The summed E-state index contributed by atoms with van der Waals surface area (Å²) in [6.45, 7) is 1.46. The molecule has 0 aliphatic heterocycles. The summed E-state index contributed by atoms with van der Waals surface area (Å²) >= 11 is 5.99. The van der Waals surface area contributed by atoms with Crippen LogP contribution in [0.15, 0.2) is 48.5 Å². The normalized spacial score (nSPS) is 11.1. The van der Waals surface area contributed by atoms with E-state index < -0.39 is 10.0 Å². The molecule has 0 saturated heterocycles. The number of nitrogens with one attached hydrogen (secondary N) is 1. The van der Waals surface area contributed by atoms with E-state index in [-0.39, 0.29) is 11.7 Å². The van der Waals surface area contributed by atoms with E-state index in [1.807, 2.05) is 0 Å². The monoisotopic (exact) mass is 352 g/mol. The molecule has 0 saturated carbocycles. The molecule has 2 aromatic rings. The molecule has 0 aliphatic rings. The minimum absolute atomic E-state index is 0.1000. The highest BCUT2D eigenvalue weighted by Crippen LogP contribution is 2.21. The molecule has 1 N–H and O–H groups in total. The second-order valence-corrected chi connectivity index (χ2v) is 7.21. The summed E-state index contributed by atoms with van der Waals surface area (Å²) in [6.07, 6.45) is 0. The van der Waals surface area contributed by atoms with Gasteiger partial charge in [-0.25, -0.2) is 8.42 Å². The Bertz CT molecular complexity index is 804. The fraction of sp³-hybridized carbons (Fsp3) is 0.188. The number of benzene rings is 2. The lowest BCUT2D eigenvalue weighted by Crippen LogP contribution is -2.22. The molecule has 0 fully saturated rings. The molecule has 0 aliphatic carbocycles. The van der Waals surface area contributed by atoms with E-state index in [9.17, 15) is 13.2 Å². The summed E-state index contributed by atoms with van der Waals surface area (Å²) in [5.41, 5.74) is 1.65. The first-order valence-corrected chi connectivity index (χ1v) is 8.90. The first-order chi connectivity index (χ1) is 10.8. The Balaban J connectivity index is 2.12. The average Bonchev–Trinajstić information content (AvgIpc) is 2.49. The molecule has 0 spiro atoms. The van der Waals surface area contributed by atoms with Crippen molar-refractivity contribution in [3.8, 4) is 0 Å². The van der Waals surface area contributed by atoms with Crippen molar-refractivity contribution in [3.05, 3.63) is 59.1 Å². The van der Waals surface area contributed by atoms with Gasteiger partial charge >= 0.3 is 0 Å². The van der Waals surface area contributed by atoms with E-state index in [1.54, 1.807) is 55.6 Å². The fourth-order valence-electron chi connectivity index (χ4n) is 1.97. The van der Waals surface area contributed by atoms with Crippen LogP contribution in [0, 0.1) is 0 Å². The maximum atomic E-state index is 12.2. The number of amides is 1. The maximum absolute atomic E-state index is 12.2. The third-order valence-electron chi connectivity index (χ3n) is 3.30. The predicted molar refractivity (Wildman–Crippen MR) is 93.2 cm³/mol. The average molecular weight is 353 g/mol. The van der Waals surface area contributed by atoms with Crippen molar-refractivity contribution in [1.29, 1.82) is 0 Å². The van der Waals surface area contributed by atoms with Gasteiger partial charge in [0, 0.05) is 30.4 Å². The number of anilines is 2. The summed E-state index contributed by atoms with van der Waals surface area (Å²) < 4.78 is 26.9. The second-order valence-electron chi connectivity index (χ2n) is 5.08. The SMILES string of the molecule is CC(=O)N(C)c1ccc(NS(=O)(=O)Cc2ccccc2Cl)cc1. The van der Waals surface area contributed by atoms with E-state index in [0.29, 0.717) is 22.0 Å². The van der Waals surface area contributed by atoms with Crippen LogP contribution in [0.4, 0.5) is 11.4 Å². The molecule has 23 heavy (non-hydrogen) atoms. The van der Waals surface area contributed by atoms with E-state index >= 15 is 0 Å². The van der Waals surface area contributed by atoms with Gasteiger partial charge in [-0.1, -0.05) is 29.8 Å². The largest absolute Gasteiger partial charge is 0.316 e. The molecule has 5 nitrogen and oxygen atoms in total. The van der Waals surface area contributed by atoms with Crippen molar-refractivity contribution in [3.63, 3.8) is 0 Å². The van der Waals surface area contributed by atoms with Gasteiger partial charge in [0.25, 0.3) is 0 Å². The Hall–Kier alpha value is -2.05. The van der Waals surface area contributed by atoms with Crippen LogP contribution < -0.4 is 9.62 Å². The molecule has 2 aromatic carbocycles. The zero-order chi connectivity index (χ0) is 17.0. The molecule has 0 unspecified atom stereocenters. The van der Waals surface area contributed by atoms with E-state index in [0.717, 1.165) is 0 Å². The molecular weight excluding hydrogens is 336 g/mol. The van der Waals surface area contributed by atoms with Crippen LogP contribution in [0.25, 0.3) is 0 Å². The molecule has 0 radical (unpaired) electrons. The maximum Gasteiger partial charge on any atom is 0.236 e. The summed E-state index contributed by atoms with van der Waals surface area (Å²) in [7, 11) is -1.92. The number of nitrogens with zero attached hydrogens (tertiary/aromatic N) is 1. The van der Waals surface area contributed by atoms with E-state index in [1.165, 1.54) is 11.8 Å². The summed E-state index contributed by atoms with van der Waals surface area (Å²) in [4.78, 5) is 12.8. The van der Waals surface area contributed by atoms with Crippen molar-refractivity contribution < 1.29 is 13.2 Å². The molecule has 0 aromatic heterocycles. The third-order valence-corrected chi connectivity index (χ3v) is 4.91. The number of halogens is 1. The molecule has 0 atom stereocenters. The minimum Gasteiger partial charge on any atom is -0.316 e. The molecule has 0 bridgehead atoms. The van der Waals surface area contributed by atoms with Gasteiger partial charge < -0.3 is 4.90 Å². The molecule has 0 heterocycles. The minimum atomic E-state index is -3.57. The van der Waals surface area contributed by atoms with E-state index in [2.05, 4.69) is 4.72 Å². The van der Waals surface area contributed by atoms with Gasteiger partial charge in [-0.2, -0.15) is 0 Å². The molecule has 7 heteroatoms. The highest BCUT2D eigenvalue weighted by Gasteiger charge is 2.14. The van der Waals surface area contributed by atoms with Crippen LogP contribution >= 0.6 is 11.6 Å². The highest BCUT2D eigenvalue weighted by atomic mass is 35.5. The van der Waals surface area contributed by atoms with Crippen LogP contribution in [-0.2, 0) is 20.6 Å². The fourth-order valence-corrected chi connectivity index (χ4v) is 3.48. The van der Waals surface area contributed by atoms with Gasteiger partial charge in [-0.05, 0) is 35.9 Å². The lowest BCUT2D eigenvalue weighted by Gasteiger charge is -2.15. The Morgan fingerprint density at radius 1 is 1.13 bits per heavy atom. The Morgan fingerprint density at radius 3 is 2.30 bits per heavy atom. The zero-order valence-corrected chi connectivity index (χ0v) is 14.4. The summed E-state index contributed by atoms with van der Waals surface area (Å²) in [5.74, 6) is -0.307. The van der Waals surface area contributed by atoms with Crippen LogP contribution in [0.2, 0.25) is 5.02 Å². The number of carbonyl (C=O) groups excluding carboxylic acids is 1. The predicted octanol–water partition coefficient (Wildman–Crippen LogP) is 3.26. The first kappa shape index (κ1) is 17.3. The van der Waals surface area contributed by atoms with Crippen molar-refractivity contribution in [2.24, 2.45) is 0 Å². The number of rotatable bonds is 5. The van der Waals surface area contributed by atoms with Crippen molar-refractivity contribution >= 4 is 38.9 Å². The number of hydrogen-bond acceptors (Lipinski definition) is 3. The van der Waals surface area contributed by atoms with Gasteiger partial charge in [-0.3, -0.25) is 9.52 Å². The second kappa shape index (κ2) is 7.02. The van der Waals surface area contributed by atoms with E-state index in [4.69, 9.17) is 11.6 Å². The summed E-state index contributed by atoms with van der Waals surface area (Å²) in [5, 5.41) is 0.413. The Morgan fingerprint density at radius 2 is 1.74 bits per heavy atom. The smallest absolute Gasteiger partial charge is 0.236 e. The van der Waals surface area contributed by atoms with Crippen molar-refractivity contribution in [2.45, 2.75) is 12.7 Å². The van der Waals surface area contributed by atoms with Crippen LogP contribution in [0.5, 0.6) is 0 Å². The van der Waals surface area contributed by atoms with Crippen LogP contribution in [0.1, 0.15) is 12.5 Å². The van der Waals surface area contributed by atoms with Gasteiger partial charge in [-0.15, -0.1) is 0 Å². The van der Waals surface area contributed by atoms with Crippen LogP contribution in [0.3, 0.4) is 0 Å². The lowest BCUT2D eigenvalue weighted by atomic mass is 10.2. The number of sulfonamides is 1. The molecule has 1 amide bonds. The molecule has 2 rings (SSSR count). The number of hydrogen-bond donors (Lipinski definition) is 1. The summed E-state index contributed by atoms with van der Waals surface area (Å²) in [6, 6.07) is 13.4. The van der Waals surface area contributed by atoms with Gasteiger partial charge in [0.2, 0.25) is 15.9 Å². The quantitative estimate of drug-likeness (QED) is 0.898. The third kappa shape index (κ3) is 4.71. The topological polar surface area (TPSA) is 66.5 Å². The molecular formula is C16H17ClN2O3S.